The number of hydrogen-bond donors (Lipinski definition) is 0. The van der Waals surface area contributed by atoms with Crippen LogP contribution in [0.1, 0.15) is 26.3 Å². The van der Waals surface area contributed by atoms with E-state index in [0.29, 0.717) is 36.4 Å². The molecule has 0 bridgehead atoms. The molecule has 0 heterocycles. The Morgan fingerprint density at radius 3 is 2.12 bits per heavy atom. The lowest BCUT2D eigenvalue weighted by Gasteiger charge is -2.22. The van der Waals surface area contributed by atoms with Gasteiger partial charge in [0, 0.05) is 16.2 Å². The first kappa shape index (κ1) is 24.8. The van der Waals surface area contributed by atoms with Crippen molar-refractivity contribution in [3.05, 3.63) is 85.3 Å². The van der Waals surface area contributed by atoms with E-state index >= 15 is 0 Å². The molecule has 3 rings (SSSR count). The fourth-order valence-corrected chi connectivity index (χ4v) is 5.55. The van der Waals surface area contributed by atoms with Crippen molar-refractivity contribution in [3.63, 3.8) is 0 Å². The summed E-state index contributed by atoms with van der Waals surface area (Å²) in [7, 11) is -4.07. The molecule has 0 N–H and O–H groups in total. The number of hydrogen-bond acceptors (Lipinski definition) is 3. The van der Waals surface area contributed by atoms with E-state index in [4.69, 9.17) is 11.6 Å². The number of amidine groups is 1. The number of aliphatic imine (C=N–C) groups is 1. The van der Waals surface area contributed by atoms with E-state index in [1.807, 2.05) is 19.9 Å². The number of carbonyl (C=O) groups excluding carboxylic acids is 1. The minimum atomic E-state index is -4.07. The van der Waals surface area contributed by atoms with E-state index < -0.39 is 10.0 Å². The van der Waals surface area contributed by atoms with Crippen LogP contribution in [0.5, 0.6) is 0 Å². The Morgan fingerprint density at radius 1 is 0.969 bits per heavy atom. The first-order valence-corrected chi connectivity index (χ1v) is 13.0. The summed E-state index contributed by atoms with van der Waals surface area (Å²) in [5.41, 5.74) is 2.09. The van der Waals surface area contributed by atoms with E-state index in [0.717, 1.165) is 0 Å². The van der Waals surface area contributed by atoms with Gasteiger partial charge in [-0.25, -0.2) is 4.99 Å². The quantitative estimate of drug-likeness (QED) is 0.230. The highest BCUT2D eigenvalue weighted by Crippen LogP contribution is 2.35. The molecule has 0 atom stereocenters. The Balaban J connectivity index is 2.26. The van der Waals surface area contributed by atoms with Crippen molar-refractivity contribution in [2.45, 2.75) is 25.7 Å². The Bertz CT molecular complexity index is 1290. The Morgan fingerprint density at radius 2 is 1.56 bits per heavy atom. The maximum atomic E-state index is 13.0. The maximum absolute atomic E-state index is 13.0. The number of allylic oxidation sites excluding steroid dienone is 4. The van der Waals surface area contributed by atoms with Crippen LogP contribution in [0.25, 0.3) is 0 Å². The van der Waals surface area contributed by atoms with Crippen LogP contribution >= 0.6 is 43.5 Å². The zero-order valence-corrected chi connectivity index (χ0v) is 22.2. The van der Waals surface area contributed by atoms with Crippen molar-refractivity contribution in [2.24, 2.45) is 15.3 Å². The van der Waals surface area contributed by atoms with Gasteiger partial charge in [0.1, 0.15) is 0 Å². The average molecular weight is 599 g/mol. The van der Waals surface area contributed by atoms with Crippen LogP contribution in [-0.2, 0) is 14.8 Å². The average Bonchev–Trinajstić information content (AvgIpc) is 2.75. The minimum absolute atomic E-state index is 0.000255. The topological polar surface area (TPSA) is 75.9 Å². The van der Waals surface area contributed by atoms with Gasteiger partial charge in [-0.1, -0.05) is 55.8 Å². The molecule has 5 nitrogen and oxygen atoms in total. The highest BCUT2D eigenvalue weighted by atomic mass is 79.9. The second kappa shape index (κ2) is 9.95. The van der Waals surface area contributed by atoms with Gasteiger partial charge in [-0.15, -0.1) is 4.40 Å². The SMILES string of the molecule is CC1=C(Br)C(=O)C(C(C)C)=C(Br)C1=NC(=NS(=O)(=O)c1ccc(Cl)cc1)c1ccccc1. The van der Waals surface area contributed by atoms with Gasteiger partial charge in [0.05, 0.1) is 19.6 Å². The molecule has 0 spiro atoms. The van der Waals surface area contributed by atoms with Crippen LogP contribution < -0.4 is 0 Å². The van der Waals surface area contributed by atoms with Crippen LogP contribution in [0.3, 0.4) is 0 Å². The van der Waals surface area contributed by atoms with Crippen molar-refractivity contribution in [2.75, 3.05) is 0 Å². The van der Waals surface area contributed by atoms with E-state index in [-0.39, 0.29) is 22.4 Å². The first-order chi connectivity index (χ1) is 15.0. The summed E-state index contributed by atoms with van der Waals surface area (Å²) in [6, 6.07) is 14.6. The number of ketones is 1. The molecular weight excluding hydrogens is 580 g/mol. The van der Waals surface area contributed by atoms with Gasteiger partial charge in [-0.05, 0) is 74.5 Å². The Kier molecular flexibility index (Phi) is 7.70. The van der Waals surface area contributed by atoms with Crippen molar-refractivity contribution in [3.8, 4) is 0 Å². The largest absolute Gasteiger partial charge is 0.288 e. The molecule has 0 aromatic heterocycles. The number of carbonyl (C=O) groups is 1. The van der Waals surface area contributed by atoms with Crippen molar-refractivity contribution in [1.29, 1.82) is 0 Å². The summed E-state index contributed by atoms with van der Waals surface area (Å²) < 4.78 is 31.0. The number of benzene rings is 2. The summed E-state index contributed by atoms with van der Waals surface area (Å²) >= 11 is 12.8. The number of halogens is 3. The second-order valence-electron chi connectivity index (χ2n) is 7.32. The molecule has 1 aliphatic rings. The van der Waals surface area contributed by atoms with Gasteiger partial charge in [-0.3, -0.25) is 4.79 Å². The number of rotatable bonds is 4. The summed E-state index contributed by atoms with van der Waals surface area (Å²) in [5, 5.41) is 0.421. The fourth-order valence-electron chi connectivity index (χ4n) is 3.04. The normalized spacial score (nSPS) is 17.0. The third-order valence-electron chi connectivity index (χ3n) is 4.72. The van der Waals surface area contributed by atoms with Crippen molar-refractivity contribution < 1.29 is 13.2 Å². The van der Waals surface area contributed by atoms with E-state index in [1.54, 1.807) is 31.2 Å². The molecule has 0 amide bonds. The summed E-state index contributed by atoms with van der Waals surface area (Å²) in [4.78, 5) is 17.4. The number of Topliss-reactive ketones (excluding diaryl/α,β-unsaturated/α-hetero) is 1. The van der Waals surface area contributed by atoms with Gasteiger partial charge in [0.15, 0.2) is 11.6 Å². The standard InChI is InChI=1S/C23H19Br2ClN2O3S/c1-13(2)18-20(25)21(14(3)19(24)22(18)29)27-23(15-7-5-4-6-8-15)28-32(30,31)17-11-9-16(26)10-12-17/h4-13H,1-3H3. The highest BCUT2D eigenvalue weighted by molar-refractivity contribution is 9.12. The van der Waals surface area contributed by atoms with Crippen LogP contribution in [0.2, 0.25) is 5.02 Å². The zero-order valence-electron chi connectivity index (χ0n) is 17.4. The predicted octanol–water partition coefficient (Wildman–Crippen LogP) is 6.47. The first-order valence-electron chi connectivity index (χ1n) is 9.59. The lowest BCUT2D eigenvalue weighted by Crippen LogP contribution is -2.22. The Labute approximate surface area is 209 Å². The zero-order chi connectivity index (χ0) is 23.6. The molecular formula is C23H19Br2ClN2O3S. The molecule has 0 saturated carbocycles. The van der Waals surface area contributed by atoms with Crippen LogP contribution in [0.4, 0.5) is 0 Å². The molecule has 166 valence electrons. The van der Waals surface area contributed by atoms with E-state index in [9.17, 15) is 13.2 Å². The van der Waals surface area contributed by atoms with Crippen molar-refractivity contribution in [1.82, 2.24) is 0 Å². The minimum Gasteiger partial charge on any atom is -0.288 e. The van der Waals surface area contributed by atoms with Crippen LogP contribution in [-0.4, -0.2) is 25.7 Å². The third kappa shape index (κ3) is 5.20. The molecule has 9 heteroatoms. The molecule has 32 heavy (non-hydrogen) atoms. The summed E-state index contributed by atoms with van der Waals surface area (Å²) in [6.45, 7) is 5.56. The lowest BCUT2D eigenvalue weighted by molar-refractivity contribution is -0.112. The summed E-state index contributed by atoms with van der Waals surface area (Å²) in [5.74, 6) is -0.197. The molecule has 0 radical (unpaired) electrons. The maximum Gasteiger partial charge on any atom is 0.284 e. The van der Waals surface area contributed by atoms with Gasteiger partial charge in [0.25, 0.3) is 10.0 Å². The number of sulfonamides is 1. The predicted molar refractivity (Wildman–Crippen MR) is 136 cm³/mol. The van der Waals surface area contributed by atoms with Gasteiger partial charge < -0.3 is 0 Å². The lowest BCUT2D eigenvalue weighted by atomic mass is 9.90. The smallest absolute Gasteiger partial charge is 0.284 e. The molecule has 0 unspecified atom stereocenters. The second-order valence-corrected chi connectivity index (χ2v) is 10.9. The van der Waals surface area contributed by atoms with Gasteiger partial charge in [0.2, 0.25) is 0 Å². The Hall–Kier alpha value is -1.87. The molecule has 0 fully saturated rings. The molecule has 2 aromatic rings. The number of nitrogens with zero attached hydrogens (tertiary/aromatic N) is 2. The van der Waals surface area contributed by atoms with Crippen LogP contribution in [0, 0.1) is 5.92 Å². The van der Waals surface area contributed by atoms with Gasteiger partial charge >= 0.3 is 0 Å². The van der Waals surface area contributed by atoms with E-state index in [1.165, 1.54) is 24.3 Å². The van der Waals surface area contributed by atoms with Crippen molar-refractivity contribution >= 4 is 70.8 Å². The fraction of sp³-hybridized carbons (Fsp3) is 0.174. The van der Waals surface area contributed by atoms with Crippen LogP contribution in [0.15, 0.2) is 89.0 Å². The third-order valence-corrected chi connectivity index (χ3v) is 8.01. The highest BCUT2D eigenvalue weighted by Gasteiger charge is 2.31. The monoisotopic (exact) mass is 596 g/mol. The van der Waals surface area contributed by atoms with Gasteiger partial charge in [-0.2, -0.15) is 8.42 Å². The molecule has 0 saturated heterocycles. The molecule has 1 aliphatic carbocycles. The van der Waals surface area contributed by atoms with E-state index in [2.05, 4.69) is 41.3 Å². The molecule has 2 aromatic carbocycles. The summed E-state index contributed by atoms with van der Waals surface area (Å²) in [6.07, 6.45) is 0. The molecule has 0 aliphatic heterocycles.